The Hall–Kier alpha value is -1.62. The number of aromatic amines is 1. The summed E-state index contributed by atoms with van der Waals surface area (Å²) in [5.41, 5.74) is 7.19. The number of hydrogen-bond donors (Lipinski definition) is 2. The number of nitrogens with zero attached hydrogens (tertiary/aromatic N) is 2. The molecule has 1 atom stereocenters. The fourth-order valence-corrected chi connectivity index (χ4v) is 1.74. The highest BCUT2D eigenvalue weighted by Crippen LogP contribution is 2.20. The minimum absolute atomic E-state index is 0.324. The molecule has 0 fully saturated rings. The molecule has 0 spiro atoms. The lowest BCUT2D eigenvalue weighted by Gasteiger charge is -2.04. The van der Waals surface area contributed by atoms with Gasteiger partial charge in [0.2, 0.25) is 5.88 Å². The van der Waals surface area contributed by atoms with Crippen molar-refractivity contribution in [1.29, 1.82) is 0 Å². The first-order valence-electron chi connectivity index (χ1n) is 5.94. The van der Waals surface area contributed by atoms with Crippen LogP contribution in [0.1, 0.15) is 32.0 Å². The van der Waals surface area contributed by atoms with Gasteiger partial charge in [0.25, 0.3) is 0 Å². The molecule has 5 nitrogen and oxygen atoms in total. The first kappa shape index (κ1) is 11.9. The number of pyridine rings is 1. The van der Waals surface area contributed by atoms with Gasteiger partial charge in [-0.1, -0.05) is 6.92 Å². The standard InChI is InChI=1S/C12H18N4O/c1-3-17-10-5-4-9-12(15-10)16-11(14-9)8(2)6-7-13/h4-5,8H,3,6-7,13H2,1-2H3,(H,14,15,16). The lowest BCUT2D eigenvalue weighted by molar-refractivity contribution is 0.328. The van der Waals surface area contributed by atoms with Gasteiger partial charge in [0.1, 0.15) is 5.82 Å². The maximum atomic E-state index is 5.55. The molecule has 0 aliphatic rings. The number of imidazole rings is 1. The molecular weight excluding hydrogens is 216 g/mol. The van der Waals surface area contributed by atoms with Gasteiger partial charge in [-0.25, -0.2) is 4.98 Å². The SMILES string of the molecule is CCOc1ccc2[nH]c(C(C)CCN)nc2n1. The fraction of sp³-hybridized carbons (Fsp3) is 0.500. The Kier molecular flexibility index (Phi) is 3.58. The van der Waals surface area contributed by atoms with E-state index < -0.39 is 0 Å². The van der Waals surface area contributed by atoms with E-state index in [0.29, 0.717) is 30.6 Å². The minimum Gasteiger partial charge on any atom is -0.478 e. The van der Waals surface area contributed by atoms with E-state index in [1.165, 1.54) is 0 Å². The lowest BCUT2D eigenvalue weighted by Crippen LogP contribution is -2.05. The summed E-state index contributed by atoms with van der Waals surface area (Å²) in [5.74, 6) is 1.88. The van der Waals surface area contributed by atoms with Gasteiger partial charge >= 0.3 is 0 Å². The molecule has 0 aliphatic heterocycles. The van der Waals surface area contributed by atoms with Crippen molar-refractivity contribution < 1.29 is 4.74 Å². The van der Waals surface area contributed by atoms with Crippen molar-refractivity contribution in [3.8, 4) is 5.88 Å². The minimum atomic E-state index is 0.324. The van der Waals surface area contributed by atoms with E-state index in [4.69, 9.17) is 10.5 Å². The van der Waals surface area contributed by atoms with Crippen LogP contribution in [0.2, 0.25) is 0 Å². The van der Waals surface area contributed by atoms with Gasteiger partial charge in [0.05, 0.1) is 12.1 Å². The van der Waals surface area contributed by atoms with Crippen LogP contribution in [0, 0.1) is 0 Å². The predicted molar refractivity (Wildman–Crippen MR) is 67.1 cm³/mol. The Labute approximate surface area is 100 Å². The van der Waals surface area contributed by atoms with Crippen LogP contribution in [0.15, 0.2) is 12.1 Å². The molecule has 1 unspecified atom stereocenters. The number of nitrogens with two attached hydrogens (primary N) is 1. The molecule has 5 heteroatoms. The van der Waals surface area contributed by atoms with Crippen LogP contribution in [0.4, 0.5) is 0 Å². The van der Waals surface area contributed by atoms with E-state index in [1.807, 2.05) is 19.1 Å². The van der Waals surface area contributed by atoms with Crippen LogP contribution >= 0.6 is 0 Å². The highest BCUT2D eigenvalue weighted by atomic mass is 16.5. The predicted octanol–water partition coefficient (Wildman–Crippen LogP) is 1.81. The summed E-state index contributed by atoms with van der Waals surface area (Å²) in [6, 6.07) is 3.79. The van der Waals surface area contributed by atoms with E-state index in [-0.39, 0.29) is 0 Å². The third-order valence-corrected chi connectivity index (χ3v) is 2.70. The zero-order valence-electron chi connectivity index (χ0n) is 10.2. The van der Waals surface area contributed by atoms with Gasteiger partial charge in [-0.15, -0.1) is 0 Å². The molecule has 0 aromatic carbocycles. The quantitative estimate of drug-likeness (QED) is 0.827. The Morgan fingerprint density at radius 2 is 2.24 bits per heavy atom. The van der Waals surface area contributed by atoms with Crippen molar-refractivity contribution in [3.05, 3.63) is 18.0 Å². The van der Waals surface area contributed by atoms with Crippen molar-refractivity contribution in [2.45, 2.75) is 26.2 Å². The van der Waals surface area contributed by atoms with Crippen molar-refractivity contribution >= 4 is 11.2 Å². The number of nitrogens with one attached hydrogen (secondary N) is 1. The van der Waals surface area contributed by atoms with Gasteiger partial charge in [-0.2, -0.15) is 4.98 Å². The average Bonchev–Trinajstić information content (AvgIpc) is 2.73. The average molecular weight is 234 g/mol. The van der Waals surface area contributed by atoms with Crippen molar-refractivity contribution in [2.24, 2.45) is 5.73 Å². The summed E-state index contributed by atoms with van der Waals surface area (Å²) in [7, 11) is 0. The Morgan fingerprint density at radius 3 is 2.94 bits per heavy atom. The second-order valence-corrected chi connectivity index (χ2v) is 4.05. The molecule has 0 amide bonds. The normalized spacial score (nSPS) is 12.9. The van der Waals surface area contributed by atoms with Crippen LogP contribution in [-0.2, 0) is 0 Å². The van der Waals surface area contributed by atoms with Gasteiger partial charge in [0.15, 0.2) is 5.65 Å². The van der Waals surface area contributed by atoms with Crippen LogP contribution in [0.3, 0.4) is 0 Å². The molecule has 2 rings (SSSR count). The Morgan fingerprint density at radius 1 is 1.41 bits per heavy atom. The zero-order valence-corrected chi connectivity index (χ0v) is 10.2. The van der Waals surface area contributed by atoms with Crippen LogP contribution in [0.5, 0.6) is 5.88 Å². The van der Waals surface area contributed by atoms with Crippen molar-refractivity contribution in [3.63, 3.8) is 0 Å². The first-order chi connectivity index (χ1) is 8.24. The number of H-pyrrole nitrogens is 1. The van der Waals surface area contributed by atoms with E-state index in [2.05, 4.69) is 21.9 Å². The van der Waals surface area contributed by atoms with E-state index in [0.717, 1.165) is 17.8 Å². The molecule has 2 heterocycles. The third kappa shape index (κ3) is 2.55. The highest BCUT2D eigenvalue weighted by Gasteiger charge is 2.11. The summed E-state index contributed by atoms with van der Waals surface area (Å²) in [6.07, 6.45) is 0.915. The van der Waals surface area contributed by atoms with Crippen LogP contribution < -0.4 is 10.5 Å². The molecule has 0 radical (unpaired) electrons. The summed E-state index contributed by atoms with van der Waals surface area (Å²) in [6.45, 7) is 5.31. The molecule has 0 saturated carbocycles. The summed E-state index contributed by atoms with van der Waals surface area (Å²) in [4.78, 5) is 12.1. The smallest absolute Gasteiger partial charge is 0.215 e. The zero-order chi connectivity index (χ0) is 12.3. The maximum Gasteiger partial charge on any atom is 0.215 e. The van der Waals surface area contributed by atoms with Gasteiger partial charge in [-0.05, 0) is 26.0 Å². The molecule has 17 heavy (non-hydrogen) atoms. The maximum absolute atomic E-state index is 5.55. The third-order valence-electron chi connectivity index (χ3n) is 2.70. The largest absolute Gasteiger partial charge is 0.478 e. The van der Waals surface area contributed by atoms with Crippen molar-refractivity contribution in [1.82, 2.24) is 15.0 Å². The first-order valence-corrected chi connectivity index (χ1v) is 5.94. The van der Waals surface area contributed by atoms with Crippen LogP contribution in [-0.4, -0.2) is 28.1 Å². The summed E-state index contributed by atoms with van der Waals surface area (Å²) < 4.78 is 5.35. The van der Waals surface area contributed by atoms with E-state index in [9.17, 15) is 0 Å². The highest BCUT2D eigenvalue weighted by molar-refractivity contribution is 5.71. The summed E-state index contributed by atoms with van der Waals surface area (Å²) in [5, 5.41) is 0. The molecule has 3 N–H and O–H groups in total. The number of hydrogen-bond acceptors (Lipinski definition) is 4. The second-order valence-electron chi connectivity index (χ2n) is 4.05. The Bertz CT molecular complexity index is 494. The van der Waals surface area contributed by atoms with E-state index >= 15 is 0 Å². The number of rotatable bonds is 5. The van der Waals surface area contributed by atoms with Crippen molar-refractivity contribution in [2.75, 3.05) is 13.2 Å². The van der Waals surface area contributed by atoms with E-state index in [1.54, 1.807) is 0 Å². The molecule has 2 aromatic heterocycles. The van der Waals surface area contributed by atoms with Gasteiger partial charge in [0, 0.05) is 12.0 Å². The van der Waals surface area contributed by atoms with Gasteiger partial charge in [-0.3, -0.25) is 0 Å². The monoisotopic (exact) mass is 234 g/mol. The molecule has 0 bridgehead atoms. The number of fused-ring (bicyclic) bond motifs is 1. The Balaban J connectivity index is 2.30. The molecular formula is C12H18N4O. The molecule has 92 valence electrons. The molecule has 2 aromatic rings. The fourth-order valence-electron chi connectivity index (χ4n) is 1.74. The number of aromatic nitrogens is 3. The lowest BCUT2D eigenvalue weighted by atomic mass is 10.1. The molecule has 0 saturated heterocycles. The van der Waals surface area contributed by atoms with Crippen LogP contribution in [0.25, 0.3) is 11.2 Å². The summed E-state index contributed by atoms with van der Waals surface area (Å²) >= 11 is 0. The topological polar surface area (TPSA) is 76.8 Å². The van der Waals surface area contributed by atoms with Gasteiger partial charge < -0.3 is 15.5 Å². The molecule has 0 aliphatic carbocycles. The number of ether oxygens (including phenoxy) is 1. The second kappa shape index (κ2) is 5.14.